The summed E-state index contributed by atoms with van der Waals surface area (Å²) in [6.07, 6.45) is 3.56. The third-order valence-corrected chi connectivity index (χ3v) is 4.18. The molecule has 0 amide bonds. The summed E-state index contributed by atoms with van der Waals surface area (Å²) in [5, 5.41) is 4.79. The molecule has 0 aliphatic rings. The Morgan fingerprint density at radius 2 is 2.00 bits per heavy atom. The lowest BCUT2D eigenvalue weighted by Gasteiger charge is -2.16. The molecular formula is C20H20ClN3O. The predicted octanol–water partition coefficient (Wildman–Crippen LogP) is 5.42. The maximum absolute atomic E-state index is 6.39. The van der Waals surface area contributed by atoms with Crippen molar-refractivity contribution in [3.63, 3.8) is 0 Å². The van der Waals surface area contributed by atoms with E-state index < -0.39 is 0 Å². The van der Waals surface area contributed by atoms with E-state index in [1.807, 2.05) is 44.2 Å². The van der Waals surface area contributed by atoms with Crippen molar-refractivity contribution in [1.29, 1.82) is 0 Å². The first-order chi connectivity index (χ1) is 12.0. The monoisotopic (exact) mass is 353 g/mol. The van der Waals surface area contributed by atoms with Crippen LogP contribution >= 0.6 is 11.6 Å². The second kappa shape index (κ2) is 7.11. The van der Waals surface area contributed by atoms with Gasteiger partial charge in [-0.1, -0.05) is 42.5 Å². The summed E-state index contributed by atoms with van der Waals surface area (Å²) >= 11 is 6.39. The van der Waals surface area contributed by atoms with Crippen LogP contribution in [-0.2, 0) is 0 Å². The number of nitrogens with one attached hydrogen (secondary N) is 1. The zero-order chi connectivity index (χ0) is 18.0. The van der Waals surface area contributed by atoms with Crippen LogP contribution in [0.4, 0.5) is 5.95 Å². The maximum atomic E-state index is 6.39. The molecule has 4 nitrogen and oxygen atoms in total. The standard InChI is InChI=1S/C20H20ClN3O/c1-5-14-18-13(11-22-20(24-18)23-12(2)3)10-16(19(14)25-4)15-8-6-7-9-17(15)21/h5-12H,1H2,2-4H3,(H,22,23,24). The minimum absolute atomic E-state index is 0.244. The Hall–Kier alpha value is -2.59. The Balaban J connectivity index is 2.30. The van der Waals surface area contributed by atoms with Gasteiger partial charge < -0.3 is 10.1 Å². The quantitative estimate of drug-likeness (QED) is 0.665. The molecule has 1 N–H and O–H groups in total. The van der Waals surface area contributed by atoms with Crippen LogP contribution in [-0.4, -0.2) is 23.1 Å². The van der Waals surface area contributed by atoms with Gasteiger partial charge >= 0.3 is 0 Å². The Kier molecular flexibility index (Phi) is 4.91. The van der Waals surface area contributed by atoms with Crippen LogP contribution < -0.4 is 10.1 Å². The highest BCUT2D eigenvalue weighted by Gasteiger charge is 2.17. The molecule has 3 aromatic rings. The van der Waals surface area contributed by atoms with E-state index in [1.54, 1.807) is 19.4 Å². The van der Waals surface area contributed by atoms with E-state index in [0.29, 0.717) is 16.7 Å². The minimum Gasteiger partial charge on any atom is -0.495 e. The number of hydrogen-bond donors (Lipinski definition) is 1. The molecule has 128 valence electrons. The zero-order valence-corrected chi connectivity index (χ0v) is 15.3. The molecule has 0 radical (unpaired) electrons. The first kappa shape index (κ1) is 17.2. The number of hydrogen-bond acceptors (Lipinski definition) is 4. The molecule has 0 spiro atoms. The van der Waals surface area contributed by atoms with Gasteiger partial charge in [-0.25, -0.2) is 9.97 Å². The summed E-state index contributed by atoms with van der Waals surface area (Å²) in [7, 11) is 1.64. The van der Waals surface area contributed by atoms with Gasteiger partial charge in [0.05, 0.1) is 12.6 Å². The molecule has 0 atom stereocenters. The van der Waals surface area contributed by atoms with Crippen molar-refractivity contribution in [2.24, 2.45) is 0 Å². The molecule has 0 aliphatic carbocycles. The van der Waals surface area contributed by atoms with E-state index >= 15 is 0 Å². The Bertz CT molecular complexity index is 938. The lowest BCUT2D eigenvalue weighted by atomic mass is 9.98. The number of fused-ring (bicyclic) bond motifs is 1. The first-order valence-corrected chi connectivity index (χ1v) is 8.44. The van der Waals surface area contributed by atoms with Gasteiger partial charge in [0.25, 0.3) is 0 Å². The molecule has 0 bridgehead atoms. The van der Waals surface area contributed by atoms with Crippen LogP contribution in [0.5, 0.6) is 5.75 Å². The van der Waals surface area contributed by atoms with E-state index in [-0.39, 0.29) is 6.04 Å². The fourth-order valence-electron chi connectivity index (χ4n) is 2.80. The molecule has 5 heteroatoms. The Morgan fingerprint density at radius 1 is 1.24 bits per heavy atom. The van der Waals surface area contributed by atoms with Crippen LogP contribution in [0.3, 0.4) is 0 Å². The second-order valence-corrected chi connectivity index (χ2v) is 6.39. The molecule has 0 saturated heterocycles. The molecule has 25 heavy (non-hydrogen) atoms. The number of aromatic nitrogens is 2. The molecule has 3 rings (SSSR count). The summed E-state index contributed by atoms with van der Waals surface area (Å²) < 4.78 is 5.70. The second-order valence-electron chi connectivity index (χ2n) is 5.99. The van der Waals surface area contributed by atoms with E-state index in [9.17, 15) is 0 Å². The largest absolute Gasteiger partial charge is 0.495 e. The van der Waals surface area contributed by atoms with Gasteiger partial charge in [0.15, 0.2) is 0 Å². The predicted molar refractivity (Wildman–Crippen MR) is 105 cm³/mol. The van der Waals surface area contributed by atoms with Gasteiger partial charge in [-0.3, -0.25) is 0 Å². The fourth-order valence-corrected chi connectivity index (χ4v) is 3.04. The normalized spacial score (nSPS) is 10.9. The van der Waals surface area contributed by atoms with E-state index in [0.717, 1.165) is 27.6 Å². The first-order valence-electron chi connectivity index (χ1n) is 8.06. The molecule has 0 fully saturated rings. The van der Waals surface area contributed by atoms with Crippen LogP contribution in [0.1, 0.15) is 19.4 Å². The van der Waals surface area contributed by atoms with Gasteiger partial charge in [0.2, 0.25) is 5.95 Å². The van der Waals surface area contributed by atoms with Gasteiger partial charge in [-0.2, -0.15) is 0 Å². The lowest BCUT2D eigenvalue weighted by Crippen LogP contribution is -2.12. The van der Waals surface area contributed by atoms with Crippen molar-refractivity contribution in [1.82, 2.24) is 9.97 Å². The number of methoxy groups -OCH3 is 1. The minimum atomic E-state index is 0.244. The molecule has 1 heterocycles. The van der Waals surface area contributed by atoms with Gasteiger partial charge in [0.1, 0.15) is 5.75 Å². The third-order valence-electron chi connectivity index (χ3n) is 3.85. The highest BCUT2D eigenvalue weighted by Crippen LogP contribution is 2.41. The summed E-state index contributed by atoms with van der Waals surface area (Å²) in [6.45, 7) is 8.03. The molecule has 0 saturated carbocycles. The summed E-state index contributed by atoms with van der Waals surface area (Å²) in [4.78, 5) is 9.05. The molecule has 0 aliphatic heterocycles. The average molecular weight is 354 g/mol. The molecule has 2 aromatic carbocycles. The van der Waals surface area contributed by atoms with Crippen molar-refractivity contribution in [2.75, 3.05) is 12.4 Å². The van der Waals surface area contributed by atoms with Crippen molar-refractivity contribution >= 4 is 34.5 Å². The average Bonchev–Trinajstić information content (AvgIpc) is 2.60. The number of rotatable bonds is 5. The smallest absolute Gasteiger partial charge is 0.223 e. The van der Waals surface area contributed by atoms with E-state index in [1.165, 1.54) is 0 Å². The number of halogens is 1. The Morgan fingerprint density at radius 3 is 2.64 bits per heavy atom. The van der Waals surface area contributed by atoms with Crippen molar-refractivity contribution in [3.05, 3.63) is 53.7 Å². The number of benzene rings is 2. The molecular weight excluding hydrogens is 334 g/mol. The molecule has 1 aromatic heterocycles. The fraction of sp³-hybridized carbons (Fsp3) is 0.200. The highest BCUT2D eigenvalue weighted by atomic mass is 35.5. The van der Waals surface area contributed by atoms with Gasteiger partial charge in [-0.05, 0) is 26.0 Å². The van der Waals surface area contributed by atoms with Crippen molar-refractivity contribution < 1.29 is 4.74 Å². The van der Waals surface area contributed by atoms with Crippen molar-refractivity contribution in [2.45, 2.75) is 19.9 Å². The van der Waals surface area contributed by atoms with Crippen LogP contribution in [0.2, 0.25) is 5.02 Å². The van der Waals surface area contributed by atoms with Crippen LogP contribution in [0.15, 0.2) is 43.1 Å². The SMILES string of the molecule is C=Cc1c(OC)c(-c2ccccc2Cl)cc2cnc(NC(C)C)nc12. The summed E-state index contributed by atoms with van der Waals surface area (Å²) in [5.41, 5.74) is 3.41. The Labute approximate surface area is 152 Å². The van der Waals surface area contributed by atoms with Gasteiger partial charge in [0, 0.05) is 39.3 Å². The maximum Gasteiger partial charge on any atom is 0.223 e. The summed E-state index contributed by atoms with van der Waals surface area (Å²) in [5.74, 6) is 1.28. The highest BCUT2D eigenvalue weighted by molar-refractivity contribution is 6.33. The van der Waals surface area contributed by atoms with Crippen LogP contribution in [0.25, 0.3) is 28.1 Å². The number of ether oxygens (including phenoxy) is 1. The lowest BCUT2D eigenvalue weighted by molar-refractivity contribution is 0.416. The third kappa shape index (κ3) is 3.30. The van der Waals surface area contributed by atoms with E-state index in [2.05, 4.69) is 21.9 Å². The zero-order valence-electron chi connectivity index (χ0n) is 14.5. The summed E-state index contributed by atoms with van der Waals surface area (Å²) in [6, 6.07) is 9.93. The topological polar surface area (TPSA) is 47.0 Å². The van der Waals surface area contributed by atoms with Gasteiger partial charge in [-0.15, -0.1) is 0 Å². The van der Waals surface area contributed by atoms with Crippen molar-refractivity contribution in [3.8, 4) is 16.9 Å². The number of nitrogens with zero attached hydrogens (tertiary/aromatic N) is 2. The van der Waals surface area contributed by atoms with Crippen LogP contribution in [0, 0.1) is 0 Å². The molecule has 0 unspecified atom stereocenters. The number of anilines is 1. The van der Waals surface area contributed by atoms with E-state index in [4.69, 9.17) is 16.3 Å².